The minimum absolute atomic E-state index is 0.103. The van der Waals surface area contributed by atoms with Crippen molar-refractivity contribution in [2.24, 2.45) is 4.99 Å². The van der Waals surface area contributed by atoms with Gasteiger partial charge in [-0.2, -0.15) is 0 Å². The summed E-state index contributed by atoms with van der Waals surface area (Å²) in [5.74, 6) is 1.20. The van der Waals surface area contributed by atoms with E-state index in [1.54, 1.807) is 31.3 Å². The molecule has 1 aromatic carbocycles. The number of aliphatic imine (C=N–C) groups is 1. The van der Waals surface area contributed by atoms with Crippen molar-refractivity contribution in [3.8, 4) is 11.3 Å². The molecule has 0 N–H and O–H groups in total. The fourth-order valence-corrected chi connectivity index (χ4v) is 4.09. The Morgan fingerprint density at radius 1 is 1.26 bits per heavy atom. The number of aryl methyl sites for hydroxylation is 1. The highest BCUT2D eigenvalue weighted by Gasteiger charge is 2.31. The fourth-order valence-electron chi connectivity index (χ4n) is 2.86. The lowest BCUT2D eigenvalue weighted by Gasteiger charge is -2.06. The average molecular weight is 455 g/mol. The highest BCUT2D eigenvalue weighted by molar-refractivity contribution is 8.18. The van der Waals surface area contributed by atoms with E-state index in [-0.39, 0.29) is 16.6 Å². The molecule has 0 spiro atoms. The van der Waals surface area contributed by atoms with Crippen molar-refractivity contribution in [3.63, 3.8) is 0 Å². The van der Waals surface area contributed by atoms with Crippen LogP contribution in [0.25, 0.3) is 17.4 Å². The van der Waals surface area contributed by atoms with Crippen molar-refractivity contribution in [1.29, 1.82) is 0 Å². The molecule has 4 rings (SSSR count). The van der Waals surface area contributed by atoms with E-state index in [9.17, 15) is 14.9 Å². The van der Waals surface area contributed by atoms with Crippen LogP contribution in [0, 0.1) is 17.0 Å². The van der Waals surface area contributed by atoms with Crippen LogP contribution in [0.15, 0.2) is 62.8 Å². The Hall–Kier alpha value is -3.43. The highest BCUT2D eigenvalue weighted by atomic mass is 35.5. The summed E-state index contributed by atoms with van der Waals surface area (Å²) in [6.45, 7) is 1.87. The molecule has 1 amide bonds. The second-order valence-corrected chi connectivity index (χ2v) is 8.05. The summed E-state index contributed by atoms with van der Waals surface area (Å²) in [7, 11) is 1.65. The molecule has 0 radical (unpaired) electrons. The van der Waals surface area contributed by atoms with Crippen molar-refractivity contribution in [2.75, 3.05) is 7.05 Å². The maximum Gasteiger partial charge on any atom is 0.270 e. The first-order valence-corrected chi connectivity index (χ1v) is 10.3. The van der Waals surface area contributed by atoms with E-state index in [0.717, 1.165) is 5.69 Å². The van der Waals surface area contributed by atoms with Crippen LogP contribution in [-0.2, 0) is 4.79 Å². The molecule has 3 heterocycles. The molecule has 1 fully saturated rings. The van der Waals surface area contributed by atoms with Crippen LogP contribution in [0.2, 0.25) is 5.02 Å². The molecule has 31 heavy (non-hydrogen) atoms. The summed E-state index contributed by atoms with van der Waals surface area (Å²) in [5.41, 5.74) is 1.25. The van der Waals surface area contributed by atoms with Crippen LogP contribution in [-0.4, -0.2) is 32.9 Å². The Kier molecular flexibility index (Phi) is 5.62. The number of hydrogen-bond acceptors (Lipinski definition) is 7. The summed E-state index contributed by atoms with van der Waals surface area (Å²) in [4.78, 5) is 33.7. The second-order valence-electron chi connectivity index (χ2n) is 6.63. The summed E-state index contributed by atoms with van der Waals surface area (Å²) >= 11 is 7.39. The van der Waals surface area contributed by atoms with Gasteiger partial charge in [-0.15, -0.1) is 0 Å². The number of aromatic nitrogens is 1. The minimum Gasteiger partial charge on any atom is -0.457 e. The van der Waals surface area contributed by atoms with Gasteiger partial charge in [0, 0.05) is 36.5 Å². The van der Waals surface area contributed by atoms with E-state index >= 15 is 0 Å². The predicted octanol–water partition coefficient (Wildman–Crippen LogP) is 5.45. The molecule has 156 valence electrons. The van der Waals surface area contributed by atoms with Gasteiger partial charge in [0.25, 0.3) is 11.6 Å². The largest absolute Gasteiger partial charge is 0.457 e. The molecular weight excluding hydrogens is 440 g/mol. The number of non-ortho nitro benzene ring substituents is 1. The van der Waals surface area contributed by atoms with Crippen LogP contribution in [0.1, 0.15) is 11.5 Å². The number of nitro groups is 1. The zero-order valence-corrected chi connectivity index (χ0v) is 18.0. The van der Waals surface area contributed by atoms with Gasteiger partial charge < -0.3 is 4.42 Å². The number of nitrogens with zero attached hydrogens (tertiary/aromatic N) is 4. The third-order valence-electron chi connectivity index (χ3n) is 4.42. The molecule has 1 aliphatic rings. The Morgan fingerprint density at radius 2 is 2.06 bits per heavy atom. The van der Waals surface area contributed by atoms with Crippen molar-refractivity contribution >= 4 is 52.0 Å². The molecule has 0 saturated carbocycles. The van der Waals surface area contributed by atoms with Gasteiger partial charge in [-0.1, -0.05) is 17.7 Å². The van der Waals surface area contributed by atoms with Crippen LogP contribution in [0.3, 0.4) is 0 Å². The van der Waals surface area contributed by atoms with Gasteiger partial charge in [-0.05, 0) is 49.0 Å². The lowest BCUT2D eigenvalue weighted by Crippen LogP contribution is -2.23. The molecule has 10 heteroatoms. The number of carbonyl (C=O) groups is 1. The summed E-state index contributed by atoms with van der Waals surface area (Å²) in [5, 5.41) is 11.6. The van der Waals surface area contributed by atoms with Gasteiger partial charge in [0.05, 0.1) is 14.9 Å². The van der Waals surface area contributed by atoms with Crippen LogP contribution < -0.4 is 0 Å². The third-order valence-corrected chi connectivity index (χ3v) is 5.79. The topological polar surface area (TPSA) is 102 Å². The number of amides is 1. The molecule has 1 aliphatic heterocycles. The van der Waals surface area contributed by atoms with Gasteiger partial charge >= 0.3 is 0 Å². The molecule has 0 bridgehead atoms. The molecule has 0 aliphatic carbocycles. The molecule has 0 unspecified atom stereocenters. The normalized spacial score (nSPS) is 16.5. The summed E-state index contributed by atoms with van der Waals surface area (Å²) in [6.07, 6.45) is 1.62. The number of nitro benzene ring substituents is 1. The average Bonchev–Trinajstić information content (AvgIpc) is 3.29. The van der Waals surface area contributed by atoms with Gasteiger partial charge in [0.2, 0.25) is 0 Å². The quantitative estimate of drug-likeness (QED) is 0.295. The van der Waals surface area contributed by atoms with Crippen molar-refractivity contribution in [2.45, 2.75) is 6.92 Å². The SMILES string of the molecule is Cc1cccc(/N=C2/S/C(=C/c3ccc(-c4ccc([N+](=O)[O-])cc4Cl)o3)C(=O)N2C)n1. The van der Waals surface area contributed by atoms with Crippen molar-refractivity contribution in [1.82, 2.24) is 9.88 Å². The smallest absolute Gasteiger partial charge is 0.270 e. The van der Waals surface area contributed by atoms with E-state index in [1.165, 1.54) is 34.9 Å². The maximum absolute atomic E-state index is 12.6. The lowest BCUT2D eigenvalue weighted by molar-refractivity contribution is -0.384. The molecule has 1 saturated heterocycles. The molecular formula is C21H15ClN4O4S. The maximum atomic E-state index is 12.6. The number of benzene rings is 1. The Bertz CT molecular complexity index is 1270. The third kappa shape index (κ3) is 4.37. The molecule has 3 aromatic rings. The number of amidine groups is 1. The van der Waals surface area contributed by atoms with Crippen LogP contribution >= 0.6 is 23.4 Å². The number of hydrogen-bond donors (Lipinski definition) is 0. The number of likely N-dealkylation sites (N-methyl/N-ethyl adjacent to an activating group) is 1. The Labute approximate surface area is 186 Å². The van der Waals surface area contributed by atoms with E-state index in [0.29, 0.717) is 33.0 Å². The molecule has 0 atom stereocenters. The Morgan fingerprint density at radius 3 is 2.77 bits per heavy atom. The van der Waals surface area contributed by atoms with E-state index in [2.05, 4.69) is 9.98 Å². The zero-order chi connectivity index (χ0) is 22.1. The first-order chi connectivity index (χ1) is 14.8. The number of pyridine rings is 1. The van der Waals surface area contributed by atoms with E-state index in [1.807, 2.05) is 19.1 Å². The van der Waals surface area contributed by atoms with Crippen molar-refractivity contribution in [3.05, 3.63) is 80.0 Å². The van der Waals surface area contributed by atoms with Crippen LogP contribution in [0.5, 0.6) is 0 Å². The van der Waals surface area contributed by atoms with Crippen molar-refractivity contribution < 1.29 is 14.1 Å². The minimum atomic E-state index is -0.515. The number of furan rings is 1. The first-order valence-electron chi connectivity index (χ1n) is 9.06. The number of thioether (sulfide) groups is 1. The fraction of sp³-hybridized carbons (Fsp3) is 0.0952. The lowest BCUT2D eigenvalue weighted by atomic mass is 10.1. The highest BCUT2D eigenvalue weighted by Crippen LogP contribution is 2.35. The van der Waals surface area contributed by atoms with Gasteiger partial charge in [0.1, 0.15) is 11.5 Å². The standard InChI is InChI=1S/C21H15ClN4O4S/c1-12-4-3-5-19(23-12)24-21-25(2)20(27)18(31-21)11-14-7-9-17(30-14)15-8-6-13(26(28)29)10-16(15)22/h3-11H,1-2H3/b18-11+,24-21+. The van der Waals surface area contributed by atoms with E-state index in [4.69, 9.17) is 16.0 Å². The molecule has 8 nitrogen and oxygen atoms in total. The van der Waals surface area contributed by atoms with Gasteiger partial charge in [0.15, 0.2) is 11.0 Å². The predicted molar refractivity (Wildman–Crippen MR) is 120 cm³/mol. The van der Waals surface area contributed by atoms with Gasteiger partial charge in [-0.3, -0.25) is 19.8 Å². The van der Waals surface area contributed by atoms with Crippen LogP contribution in [0.4, 0.5) is 11.5 Å². The second kappa shape index (κ2) is 8.37. The summed E-state index contributed by atoms with van der Waals surface area (Å²) in [6, 6.07) is 13.0. The van der Waals surface area contributed by atoms with E-state index < -0.39 is 4.92 Å². The summed E-state index contributed by atoms with van der Waals surface area (Å²) < 4.78 is 5.80. The monoisotopic (exact) mass is 454 g/mol. The number of rotatable bonds is 4. The number of carbonyl (C=O) groups excluding carboxylic acids is 1. The number of halogens is 1. The first kappa shape index (κ1) is 20.8. The molecule has 2 aromatic heterocycles. The Balaban J connectivity index is 1.59. The van der Waals surface area contributed by atoms with Gasteiger partial charge in [-0.25, -0.2) is 9.98 Å². The zero-order valence-electron chi connectivity index (χ0n) is 16.4.